The van der Waals surface area contributed by atoms with E-state index in [2.05, 4.69) is 15.3 Å². The summed E-state index contributed by atoms with van der Waals surface area (Å²) in [6.45, 7) is 0.459. The van der Waals surface area contributed by atoms with Gasteiger partial charge in [0.1, 0.15) is 11.4 Å². The molecule has 2 N–H and O–H groups in total. The van der Waals surface area contributed by atoms with Crippen LogP contribution in [-0.2, 0) is 6.42 Å². The highest BCUT2D eigenvalue weighted by Crippen LogP contribution is 2.12. The normalized spacial score (nSPS) is 10.1. The van der Waals surface area contributed by atoms with Crippen molar-refractivity contribution in [1.82, 2.24) is 15.3 Å². The highest BCUT2D eigenvalue weighted by atomic mass is 16.5. The molecule has 0 spiro atoms. The van der Waals surface area contributed by atoms with E-state index in [0.29, 0.717) is 13.0 Å². The van der Waals surface area contributed by atoms with Gasteiger partial charge in [0, 0.05) is 12.6 Å². The zero-order valence-electron chi connectivity index (χ0n) is 11.1. The summed E-state index contributed by atoms with van der Waals surface area (Å²) >= 11 is 0. The van der Waals surface area contributed by atoms with Gasteiger partial charge in [-0.2, -0.15) is 0 Å². The van der Waals surface area contributed by atoms with Gasteiger partial charge in [0.25, 0.3) is 11.5 Å². The van der Waals surface area contributed by atoms with Crippen LogP contribution in [-0.4, -0.2) is 29.5 Å². The highest BCUT2D eigenvalue weighted by Gasteiger charge is 2.06. The van der Waals surface area contributed by atoms with E-state index in [4.69, 9.17) is 4.74 Å². The van der Waals surface area contributed by atoms with E-state index in [1.807, 2.05) is 24.3 Å². The Morgan fingerprint density at radius 2 is 2.25 bits per heavy atom. The molecule has 0 bridgehead atoms. The van der Waals surface area contributed by atoms with Crippen LogP contribution in [0, 0.1) is 0 Å². The van der Waals surface area contributed by atoms with Gasteiger partial charge in [-0.1, -0.05) is 12.1 Å². The Labute approximate surface area is 115 Å². The molecule has 104 valence electrons. The molecule has 0 radical (unpaired) electrons. The van der Waals surface area contributed by atoms with Gasteiger partial charge in [0.05, 0.1) is 13.4 Å². The van der Waals surface area contributed by atoms with Gasteiger partial charge in [0.2, 0.25) is 0 Å². The van der Waals surface area contributed by atoms with Gasteiger partial charge in [-0.25, -0.2) is 4.98 Å². The second kappa shape index (κ2) is 6.51. The molecule has 0 saturated heterocycles. The summed E-state index contributed by atoms with van der Waals surface area (Å²) in [6.07, 6.45) is 1.88. The van der Waals surface area contributed by atoms with Crippen molar-refractivity contribution >= 4 is 5.91 Å². The first kappa shape index (κ1) is 13.8. The maximum atomic E-state index is 11.8. The molecule has 0 saturated carbocycles. The number of hydrogen-bond acceptors (Lipinski definition) is 4. The van der Waals surface area contributed by atoms with Crippen LogP contribution in [0.25, 0.3) is 0 Å². The molecule has 1 amide bonds. The number of rotatable bonds is 5. The number of nitrogens with zero attached hydrogens (tertiary/aromatic N) is 1. The molecule has 2 rings (SSSR count). The lowest BCUT2D eigenvalue weighted by Gasteiger charge is -2.06. The first-order valence-electron chi connectivity index (χ1n) is 6.15. The first-order chi connectivity index (χ1) is 9.69. The van der Waals surface area contributed by atoms with E-state index in [0.717, 1.165) is 11.3 Å². The van der Waals surface area contributed by atoms with Crippen LogP contribution in [0.1, 0.15) is 16.1 Å². The number of aromatic amines is 1. The van der Waals surface area contributed by atoms with E-state index in [1.165, 1.54) is 12.4 Å². The summed E-state index contributed by atoms with van der Waals surface area (Å²) < 4.78 is 5.13. The standard InChI is InChI=1S/C14H15N3O3/c1-20-11-4-2-3-10(7-11)5-6-15-14(19)12-8-13(18)17-9-16-12/h2-4,7-9H,5-6H2,1H3,(H,15,19)(H,16,17,18). The van der Waals surface area contributed by atoms with Crippen LogP contribution in [0.15, 0.2) is 41.5 Å². The molecular formula is C14H15N3O3. The van der Waals surface area contributed by atoms with Gasteiger partial charge >= 0.3 is 0 Å². The summed E-state index contributed by atoms with van der Waals surface area (Å²) in [6, 6.07) is 8.80. The highest BCUT2D eigenvalue weighted by molar-refractivity contribution is 5.91. The summed E-state index contributed by atoms with van der Waals surface area (Å²) in [4.78, 5) is 29.0. The van der Waals surface area contributed by atoms with Gasteiger partial charge in [-0.3, -0.25) is 9.59 Å². The Bertz CT molecular complexity index is 652. The topological polar surface area (TPSA) is 84.1 Å². The van der Waals surface area contributed by atoms with Crippen molar-refractivity contribution in [1.29, 1.82) is 0 Å². The number of benzene rings is 1. The lowest BCUT2D eigenvalue weighted by Crippen LogP contribution is -2.27. The van der Waals surface area contributed by atoms with Crippen molar-refractivity contribution < 1.29 is 9.53 Å². The predicted octanol–water partition coefficient (Wildman–Crippen LogP) is 0.751. The van der Waals surface area contributed by atoms with Crippen molar-refractivity contribution in [3.63, 3.8) is 0 Å². The molecule has 1 aromatic heterocycles. The minimum Gasteiger partial charge on any atom is -0.497 e. The third-order valence-electron chi connectivity index (χ3n) is 2.74. The van der Waals surface area contributed by atoms with Crippen molar-refractivity contribution in [3.05, 3.63) is 58.3 Å². The van der Waals surface area contributed by atoms with Crippen LogP contribution in [0.2, 0.25) is 0 Å². The molecule has 0 aliphatic heterocycles. The van der Waals surface area contributed by atoms with Gasteiger partial charge in [-0.05, 0) is 24.1 Å². The Hall–Kier alpha value is -2.63. The van der Waals surface area contributed by atoms with Crippen LogP contribution in [0.4, 0.5) is 0 Å². The molecule has 0 aliphatic carbocycles. The van der Waals surface area contributed by atoms with Gasteiger partial charge in [0.15, 0.2) is 0 Å². The van der Waals surface area contributed by atoms with Crippen LogP contribution in [0.3, 0.4) is 0 Å². The van der Waals surface area contributed by atoms with Crippen LogP contribution in [0.5, 0.6) is 5.75 Å². The lowest BCUT2D eigenvalue weighted by atomic mass is 10.1. The van der Waals surface area contributed by atoms with Crippen molar-refractivity contribution in [2.45, 2.75) is 6.42 Å². The smallest absolute Gasteiger partial charge is 0.270 e. The Balaban J connectivity index is 1.89. The van der Waals surface area contributed by atoms with Crippen LogP contribution >= 0.6 is 0 Å². The monoisotopic (exact) mass is 273 g/mol. The van der Waals surface area contributed by atoms with E-state index < -0.39 is 0 Å². The van der Waals surface area contributed by atoms with E-state index in [1.54, 1.807) is 7.11 Å². The van der Waals surface area contributed by atoms with Crippen LogP contribution < -0.4 is 15.6 Å². The zero-order chi connectivity index (χ0) is 14.4. The minimum atomic E-state index is -0.362. The fourth-order valence-electron chi connectivity index (χ4n) is 1.73. The lowest BCUT2D eigenvalue weighted by molar-refractivity contribution is 0.0949. The molecule has 1 heterocycles. The number of amides is 1. The largest absolute Gasteiger partial charge is 0.497 e. The zero-order valence-corrected chi connectivity index (χ0v) is 11.1. The summed E-state index contributed by atoms with van der Waals surface area (Å²) in [7, 11) is 1.61. The summed E-state index contributed by atoms with van der Waals surface area (Å²) in [5.74, 6) is 0.420. The number of aromatic nitrogens is 2. The predicted molar refractivity (Wildman–Crippen MR) is 73.9 cm³/mol. The molecule has 0 fully saturated rings. The Kier molecular flexibility index (Phi) is 4.49. The van der Waals surface area contributed by atoms with E-state index in [-0.39, 0.29) is 17.2 Å². The summed E-state index contributed by atoms with van der Waals surface area (Å²) in [5, 5.41) is 2.72. The first-order valence-corrected chi connectivity index (χ1v) is 6.15. The summed E-state index contributed by atoms with van der Waals surface area (Å²) in [5.41, 5.74) is 0.820. The van der Waals surface area contributed by atoms with Crippen molar-refractivity contribution in [2.24, 2.45) is 0 Å². The molecule has 20 heavy (non-hydrogen) atoms. The minimum absolute atomic E-state index is 0.111. The number of hydrogen-bond donors (Lipinski definition) is 2. The molecule has 0 unspecified atom stereocenters. The van der Waals surface area contributed by atoms with Gasteiger partial charge < -0.3 is 15.0 Å². The third-order valence-corrected chi connectivity index (χ3v) is 2.74. The molecule has 0 atom stereocenters. The molecule has 2 aromatic rings. The second-order valence-corrected chi connectivity index (χ2v) is 4.15. The molecule has 6 nitrogen and oxygen atoms in total. The maximum absolute atomic E-state index is 11.8. The quantitative estimate of drug-likeness (QED) is 0.842. The average molecular weight is 273 g/mol. The Morgan fingerprint density at radius 1 is 1.40 bits per heavy atom. The maximum Gasteiger partial charge on any atom is 0.270 e. The number of nitrogens with one attached hydrogen (secondary N) is 2. The number of H-pyrrole nitrogens is 1. The Morgan fingerprint density at radius 3 is 3.00 bits per heavy atom. The molecule has 6 heteroatoms. The van der Waals surface area contributed by atoms with Gasteiger partial charge in [-0.15, -0.1) is 0 Å². The fourth-order valence-corrected chi connectivity index (χ4v) is 1.73. The van der Waals surface area contributed by atoms with Crippen molar-refractivity contribution in [2.75, 3.05) is 13.7 Å². The second-order valence-electron chi connectivity index (χ2n) is 4.15. The van der Waals surface area contributed by atoms with E-state index in [9.17, 15) is 9.59 Å². The molecular weight excluding hydrogens is 258 g/mol. The third kappa shape index (κ3) is 3.68. The molecule has 1 aromatic carbocycles. The average Bonchev–Trinajstić information content (AvgIpc) is 2.47. The number of carbonyl (C=O) groups excluding carboxylic acids is 1. The number of carbonyl (C=O) groups is 1. The molecule has 0 aliphatic rings. The SMILES string of the molecule is COc1cccc(CCNC(=O)c2cc(=O)[nH]cn2)c1. The van der Waals surface area contributed by atoms with Crippen molar-refractivity contribution in [3.8, 4) is 5.75 Å². The fraction of sp³-hybridized carbons (Fsp3) is 0.214. The number of ether oxygens (including phenoxy) is 1. The number of methoxy groups -OCH3 is 1. The van der Waals surface area contributed by atoms with E-state index >= 15 is 0 Å².